The Labute approximate surface area is 138 Å². The van der Waals surface area contributed by atoms with Gasteiger partial charge in [-0.2, -0.15) is 5.10 Å². The summed E-state index contributed by atoms with van der Waals surface area (Å²) >= 11 is 0. The van der Waals surface area contributed by atoms with E-state index in [9.17, 15) is 5.11 Å². The fraction of sp³-hybridized carbons (Fsp3) is 0.824. The Morgan fingerprint density at radius 3 is 2.87 bits per heavy atom. The van der Waals surface area contributed by atoms with Crippen molar-refractivity contribution in [2.45, 2.75) is 51.4 Å². The van der Waals surface area contributed by atoms with Crippen LogP contribution in [0.3, 0.4) is 0 Å². The predicted molar refractivity (Wildman–Crippen MR) is 87.5 cm³/mol. The normalized spacial score (nSPS) is 26.2. The van der Waals surface area contributed by atoms with Gasteiger partial charge in [0.2, 0.25) is 0 Å². The van der Waals surface area contributed by atoms with E-state index in [1.54, 1.807) is 6.20 Å². The molecule has 2 heterocycles. The summed E-state index contributed by atoms with van der Waals surface area (Å²) < 4.78 is 13.5. The van der Waals surface area contributed by atoms with E-state index in [-0.39, 0.29) is 6.10 Å². The van der Waals surface area contributed by atoms with Crippen LogP contribution in [0, 0.1) is 5.92 Å². The van der Waals surface area contributed by atoms with Crippen LogP contribution in [-0.2, 0) is 11.3 Å². The molecule has 1 saturated heterocycles. The third kappa shape index (κ3) is 4.68. The molecule has 3 rings (SSSR count). The Morgan fingerprint density at radius 2 is 2.13 bits per heavy atom. The van der Waals surface area contributed by atoms with Crippen molar-refractivity contribution in [1.82, 2.24) is 14.7 Å². The summed E-state index contributed by atoms with van der Waals surface area (Å²) in [7, 11) is 0. The molecule has 1 aromatic rings. The van der Waals surface area contributed by atoms with Crippen molar-refractivity contribution in [2.75, 3.05) is 32.8 Å². The van der Waals surface area contributed by atoms with Gasteiger partial charge >= 0.3 is 0 Å². The van der Waals surface area contributed by atoms with Crippen LogP contribution in [0.5, 0.6) is 5.75 Å². The number of ether oxygens (including phenoxy) is 2. The molecule has 0 bridgehead atoms. The molecule has 2 atom stereocenters. The topological polar surface area (TPSA) is 59.8 Å². The number of hydrogen-bond acceptors (Lipinski definition) is 5. The lowest BCUT2D eigenvalue weighted by Crippen LogP contribution is -2.30. The highest BCUT2D eigenvalue weighted by molar-refractivity contribution is 5.13. The highest BCUT2D eigenvalue weighted by atomic mass is 16.5. The summed E-state index contributed by atoms with van der Waals surface area (Å²) in [5, 5.41) is 14.4. The molecule has 130 valence electrons. The fourth-order valence-corrected chi connectivity index (χ4v) is 3.51. The number of rotatable bonds is 8. The van der Waals surface area contributed by atoms with Gasteiger partial charge in [-0.1, -0.05) is 12.8 Å². The average Bonchev–Trinajstić information content (AvgIpc) is 3.27. The van der Waals surface area contributed by atoms with Crippen molar-refractivity contribution in [3.63, 3.8) is 0 Å². The van der Waals surface area contributed by atoms with E-state index in [4.69, 9.17) is 9.47 Å². The zero-order valence-corrected chi connectivity index (χ0v) is 14.1. The van der Waals surface area contributed by atoms with Crippen molar-refractivity contribution < 1.29 is 14.6 Å². The van der Waals surface area contributed by atoms with Crippen LogP contribution < -0.4 is 4.74 Å². The molecule has 1 saturated carbocycles. The van der Waals surface area contributed by atoms with Gasteiger partial charge in [-0.15, -0.1) is 0 Å². The van der Waals surface area contributed by atoms with Crippen LogP contribution in [0.15, 0.2) is 12.4 Å². The average molecular weight is 323 g/mol. The van der Waals surface area contributed by atoms with Gasteiger partial charge in [0.05, 0.1) is 19.0 Å². The first-order valence-electron chi connectivity index (χ1n) is 8.92. The maximum atomic E-state index is 10.2. The zero-order chi connectivity index (χ0) is 16.1. The molecular weight excluding hydrogens is 294 g/mol. The third-order valence-electron chi connectivity index (χ3n) is 4.91. The third-order valence-corrected chi connectivity index (χ3v) is 4.91. The van der Waals surface area contributed by atoms with Gasteiger partial charge in [0.1, 0.15) is 12.2 Å². The molecule has 1 aliphatic carbocycles. The molecular formula is C17H29N3O3. The first-order valence-corrected chi connectivity index (χ1v) is 8.92. The quantitative estimate of drug-likeness (QED) is 0.735. The van der Waals surface area contributed by atoms with Crippen molar-refractivity contribution in [1.29, 1.82) is 0 Å². The summed E-state index contributed by atoms with van der Waals surface area (Å²) in [6, 6.07) is 0. The van der Waals surface area contributed by atoms with Crippen molar-refractivity contribution >= 4 is 0 Å². The molecule has 0 amide bonds. The van der Waals surface area contributed by atoms with E-state index < -0.39 is 6.10 Å². The second-order valence-electron chi connectivity index (χ2n) is 6.74. The molecule has 0 unspecified atom stereocenters. The summed E-state index contributed by atoms with van der Waals surface area (Å²) in [4.78, 5) is 2.22. The molecule has 1 aliphatic heterocycles. The Kier molecular flexibility index (Phi) is 5.91. The van der Waals surface area contributed by atoms with Gasteiger partial charge in [0, 0.05) is 32.8 Å². The number of hydrogen-bond donors (Lipinski definition) is 1. The molecule has 0 radical (unpaired) electrons. The van der Waals surface area contributed by atoms with Crippen molar-refractivity contribution in [2.24, 2.45) is 5.92 Å². The summed E-state index contributed by atoms with van der Waals surface area (Å²) in [6.07, 6.45) is 8.33. The van der Waals surface area contributed by atoms with Crippen LogP contribution in [0.1, 0.15) is 32.6 Å². The summed E-state index contributed by atoms with van der Waals surface area (Å²) in [5.41, 5.74) is 0. The number of aliphatic hydroxyl groups is 1. The van der Waals surface area contributed by atoms with E-state index >= 15 is 0 Å². The molecule has 2 fully saturated rings. The minimum atomic E-state index is -0.449. The number of likely N-dealkylation sites (tertiary alicyclic amines) is 1. The van der Waals surface area contributed by atoms with E-state index in [0.717, 1.165) is 44.5 Å². The summed E-state index contributed by atoms with van der Waals surface area (Å²) in [5.74, 6) is 1.50. The number of β-amino-alcohol motifs (C(OH)–C–C–N with tert-alkyl or cyclic N) is 1. The van der Waals surface area contributed by atoms with Gasteiger partial charge in [0.15, 0.2) is 5.75 Å². The minimum absolute atomic E-state index is 0.181. The lowest BCUT2D eigenvalue weighted by Gasteiger charge is -2.17. The highest BCUT2D eigenvalue weighted by Crippen LogP contribution is 2.24. The Balaban J connectivity index is 1.35. The largest absolute Gasteiger partial charge is 0.483 e. The predicted octanol–water partition coefficient (Wildman–Crippen LogP) is 1.53. The maximum absolute atomic E-state index is 10.2. The second-order valence-corrected chi connectivity index (χ2v) is 6.74. The monoisotopic (exact) mass is 323 g/mol. The summed E-state index contributed by atoms with van der Waals surface area (Å²) in [6.45, 7) is 6.74. The van der Waals surface area contributed by atoms with E-state index in [1.165, 1.54) is 25.7 Å². The highest BCUT2D eigenvalue weighted by Gasteiger charge is 2.33. The lowest BCUT2D eigenvalue weighted by atomic mass is 10.1. The molecule has 0 spiro atoms. The minimum Gasteiger partial charge on any atom is -0.483 e. The van der Waals surface area contributed by atoms with E-state index in [1.807, 2.05) is 17.8 Å². The van der Waals surface area contributed by atoms with Gasteiger partial charge in [-0.25, -0.2) is 0 Å². The zero-order valence-electron chi connectivity index (χ0n) is 14.1. The van der Waals surface area contributed by atoms with Crippen LogP contribution in [-0.4, -0.2) is 64.8 Å². The molecule has 1 aromatic heterocycles. The van der Waals surface area contributed by atoms with Crippen molar-refractivity contribution in [3.8, 4) is 5.75 Å². The maximum Gasteiger partial charge on any atom is 0.157 e. The molecule has 0 aromatic carbocycles. The first kappa shape index (κ1) is 16.7. The van der Waals surface area contributed by atoms with Crippen LogP contribution in [0.25, 0.3) is 0 Å². The Morgan fingerprint density at radius 1 is 1.30 bits per heavy atom. The van der Waals surface area contributed by atoms with Crippen LogP contribution in [0.2, 0.25) is 0 Å². The van der Waals surface area contributed by atoms with Crippen molar-refractivity contribution in [3.05, 3.63) is 12.4 Å². The number of aryl methyl sites for hydroxylation is 1. The van der Waals surface area contributed by atoms with Crippen LogP contribution >= 0.6 is 0 Å². The van der Waals surface area contributed by atoms with Crippen LogP contribution in [0.4, 0.5) is 0 Å². The van der Waals surface area contributed by atoms with E-state index in [0.29, 0.717) is 6.54 Å². The molecule has 23 heavy (non-hydrogen) atoms. The van der Waals surface area contributed by atoms with E-state index in [2.05, 4.69) is 10.00 Å². The molecule has 2 aliphatic rings. The number of nitrogens with zero attached hydrogens (tertiary/aromatic N) is 3. The van der Waals surface area contributed by atoms with Gasteiger partial charge < -0.3 is 14.6 Å². The number of aliphatic hydroxyl groups excluding tert-OH is 1. The molecule has 6 heteroatoms. The smallest absolute Gasteiger partial charge is 0.157 e. The number of aromatic nitrogens is 2. The Hall–Kier alpha value is -1.11. The fourth-order valence-electron chi connectivity index (χ4n) is 3.51. The lowest BCUT2D eigenvalue weighted by molar-refractivity contribution is 0.0732. The Bertz CT molecular complexity index is 473. The second kappa shape index (κ2) is 8.13. The van der Waals surface area contributed by atoms with Gasteiger partial charge in [-0.05, 0) is 25.7 Å². The molecule has 6 nitrogen and oxygen atoms in total. The van der Waals surface area contributed by atoms with Gasteiger partial charge in [0.25, 0.3) is 0 Å². The SMILES string of the molecule is CCn1cc(O[C@@H]2CN(CCOCC3CCCC3)C[C@H]2O)cn1. The molecule has 1 N–H and O–H groups in total. The first-order chi connectivity index (χ1) is 11.2. The van der Waals surface area contributed by atoms with Gasteiger partial charge in [-0.3, -0.25) is 9.58 Å². The standard InChI is InChI=1S/C17H29N3O3/c1-2-20-10-15(9-18-20)23-17-12-19(11-16(17)21)7-8-22-13-14-5-3-4-6-14/h9-10,14,16-17,21H,2-8,11-13H2,1H3/t16-,17-/m1/s1.